The van der Waals surface area contributed by atoms with Crippen LogP contribution in [0.1, 0.15) is 23.3 Å². The average molecular weight is 272 g/mol. The molecule has 2 aromatic rings. The summed E-state index contributed by atoms with van der Waals surface area (Å²) >= 11 is 0. The van der Waals surface area contributed by atoms with Gasteiger partial charge in [-0.15, -0.1) is 0 Å². The molecule has 104 valence electrons. The molecule has 1 amide bonds. The number of piperidine rings is 1. The normalized spacial score (nSPS) is 16.5. The number of nitrogens with zero attached hydrogens (tertiary/aromatic N) is 1. The fraction of sp³-hybridized carbons (Fsp3) is 0.333. The first kappa shape index (κ1) is 12.7. The van der Waals surface area contributed by atoms with Crippen LogP contribution in [0.2, 0.25) is 0 Å². The number of aromatic nitrogens is 1. The van der Waals surface area contributed by atoms with E-state index in [1.807, 2.05) is 30.3 Å². The Morgan fingerprint density at radius 3 is 2.55 bits per heavy atom. The lowest BCUT2D eigenvalue weighted by molar-refractivity contribution is -0.143. The Morgan fingerprint density at radius 1 is 1.20 bits per heavy atom. The molecule has 0 radical (unpaired) electrons. The second-order valence-electron chi connectivity index (χ2n) is 5.17. The summed E-state index contributed by atoms with van der Waals surface area (Å²) in [6.45, 7) is 1.01. The van der Waals surface area contributed by atoms with Crippen molar-refractivity contribution in [3.8, 4) is 0 Å². The number of H-pyrrole nitrogens is 1. The molecule has 0 saturated carbocycles. The number of carboxylic acids is 1. The predicted molar refractivity (Wildman–Crippen MR) is 74.6 cm³/mol. The van der Waals surface area contributed by atoms with Crippen LogP contribution in [0.5, 0.6) is 0 Å². The lowest BCUT2D eigenvalue weighted by Crippen LogP contribution is -2.40. The summed E-state index contributed by atoms with van der Waals surface area (Å²) in [5.41, 5.74) is 1.51. The Bertz CT molecular complexity index is 621. The molecule has 0 spiro atoms. The topological polar surface area (TPSA) is 73.4 Å². The fourth-order valence-electron chi connectivity index (χ4n) is 2.69. The summed E-state index contributed by atoms with van der Waals surface area (Å²) in [6, 6.07) is 9.59. The van der Waals surface area contributed by atoms with Crippen molar-refractivity contribution >= 4 is 22.8 Å². The first-order valence-corrected chi connectivity index (χ1v) is 6.75. The van der Waals surface area contributed by atoms with E-state index in [9.17, 15) is 9.59 Å². The van der Waals surface area contributed by atoms with Gasteiger partial charge in [0, 0.05) is 24.0 Å². The number of hydrogen-bond acceptors (Lipinski definition) is 2. The highest BCUT2D eigenvalue weighted by Crippen LogP contribution is 2.21. The minimum atomic E-state index is -0.761. The van der Waals surface area contributed by atoms with E-state index in [2.05, 4.69) is 4.98 Å². The van der Waals surface area contributed by atoms with Gasteiger partial charge in [-0.3, -0.25) is 9.59 Å². The Hall–Kier alpha value is -2.30. The second kappa shape index (κ2) is 5.00. The largest absolute Gasteiger partial charge is 0.481 e. The third kappa shape index (κ3) is 2.27. The van der Waals surface area contributed by atoms with Gasteiger partial charge in [-0.2, -0.15) is 0 Å². The number of carboxylic acid groups (broad SMARTS) is 1. The van der Waals surface area contributed by atoms with Gasteiger partial charge in [-0.05, 0) is 25.0 Å². The van der Waals surface area contributed by atoms with Crippen LogP contribution in [0.15, 0.2) is 30.3 Å². The molecular weight excluding hydrogens is 256 g/mol. The molecule has 3 rings (SSSR count). The summed E-state index contributed by atoms with van der Waals surface area (Å²) in [6.07, 6.45) is 1.06. The van der Waals surface area contributed by atoms with Crippen molar-refractivity contribution in [3.05, 3.63) is 36.0 Å². The standard InChI is InChI=1S/C15H16N2O3/c18-14(17-7-5-10(6-8-17)15(19)20)13-9-11-3-1-2-4-12(11)16-13/h1-4,9-10,16H,5-8H2,(H,19,20). The van der Waals surface area contributed by atoms with Crippen molar-refractivity contribution < 1.29 is 14.7 Å². The molecule has 0 aliphatic carbocycles. The maximum atomic E-state index is 12.4. The Labute approximate surface area is 116 Å². The van der Waals surface area contributed by atoms with Crippen LogP contribution in [0.25, 0.3) is 10.9 Å². The van der Waals surface area contributed by atoms with E-state index in [0.717, 1.165) is 10.9 Å². The quantitative estimate of drug-likeness (QED) is 0.879. The minimum Gasteiger partial charge on any atom is -0.481 e. The number of likely N-dealkylation sites (tertiary alicyclic amines) is 1. The van der Waals surface area contributed by atoms with Gasteiger partial charge < -0.3 is 15.0 Å². The van der Waals surface area contributed by atoms with Gasteiger partial charge in [-0.1, -0.05) is 18.2 Å². The molecule has 5 nitrogen and oxygen atoms in total. The van der Waals surface area contributed by atoms with Gasteiger partial charge in [0.1, 0.15) is 5.69 Å². The smallest absolute Gasteiger partial charge is 0.306 e. The van der Waals surface area contributed by atoms with Gasteiger partial charge in [0.05, 0.1) is 5.92 Å². The Kier molecular flexibility index (Phi) is 3.18. The zero-order valence-corrected chi connectivity index (χ0v) is 11.0. The molecule has 1 aliphatic rings. The van der Waals surface area contributed by atoms with Crippen LogP contribution < -0.4 is 0 Å². The summed E-state index contributed by atoms with van der Waals surface area (Å²) in [4.78, 5) is 28.1. The van der Waals surface area contributed by atoms with E-state index in [-0.39, 0.29) is 11.8 Å². The minimum absolute atomic E-state index is 0.0509. The first-order chi connectivity index (χ1) is 9.65. The van der Waals surface area contributed by atoms with Crippen LogP contribution in [0.4, 0.5) is 0 Å². The van der Waals surface area contributed by atoms with Crippen LogP contribution in [0, 0.1) is 5.92 Å². The average Bonchev–Trinajstić information content (AvgIpc) is 2.90. The SMILES string of the molecule is O=C(O)C1CCN(C(=O)c2cc3ccccc3[nH]2)CC1. The van der Waals surface area contributed by atoms with Crippen LogP contribution in [0.3, 0.4) is 0 Å². The molecule has 1 fully saturated rings. The summed E-state index contributed by atoms with van der Waals surface area (Å²) < 4.78 is 0. The van der Waals surface area contributed by atoms with Crippen LogP contribution in [-0.4, -0.2) is 40.0 Å². The maximum Gasteiger partial charge on any atom is 0.306 e. The molecule has 1 aliphatic heterocycles. The molecule has 0 atom stereocenters. The number of aliphatic carboxylic acids is 1. The molecule has 1 saturated heterocycles. The molecule has 0 bridgehead atoms. The third-order valence-electron chi connectivity index (χ3n) is 3.89. The van der Waals surface area contributed by atoms with Crippen LogP contribution >= 0.6 is 0 Å². The van der Waals surface area contributed by atoms with Gasteiger partial charge in [0.15, 0.2) is 0 Å². The summed E-state index contributed by atoms with van der Waals surface area (Å²) in [5.74, 6) is -1.13. The summed E-state index contributed by atoms with van der Waals surface area (Å²) in [5, 5.41) is 9.98. The molecular formula is C15H16N2O3. The fourth-order valence-corrected chi connectivity index (χ4v) is 2.69. The van der Waals surface area contributed by atoms with Gasteiger partial charge in [0.2, 0.25) is 0 Å². The Balaban J connectivity index is 1.75. The predicted octanol–water partition coefficient (Wildman–Crippen LogP) is 2.10. The van der Waals surface area contributed by atoms with Gasteiger partial charge in [0.25, 0.3) is 5.91 Å². The lowest BCUT2D eigenvalue weighted by Gasteiger charge is -2.29. The monoisotopic (exact) mass is 272 g/mol. The zero-order chi connectivity index (χ0) is 14.1. The molecule has 2 N–H and O–H groups in total. The summed E-state index contributed by atoms with van der Waals surface area (Å²) in [7, 11) is 0. The molecule has 20 heavy (non-hydrogen) atoms. The number of hydrogen-bond donors (Lipinski definition) is 2. The van der Waals surface area contributed by atoms with Crippen molar-refractivity contribution in [3.63, 3.8) is 0 Å². The van der Waals surface area contributed by atoms with Crippen LogP contribution in [-0.2, 0) is 4.79 Å². The van der Waals surface area contributed by atoms with Crippen molar-refractivity contribution in [1.82, 2.24) is 9.88 Å². The second-order valence-corrected chi connectivity index (χ2v) is 5.17. The third-order valence-corrected chi connectivity index (χ3v) is 3.89. The highest BCUT2D eigenvalue weighted by Gasteiger charge is 2.27. The van der Waals surface area contributed by atoms with Gasteiger partial charge >= 0.3 is 5.97 Å². The van der Waals surface area contributed by atoms with Crippen molar-refractivity contribution in [2.24, 2.45) is 5.92 Å². The van der Waals surface area contributed by atoms with Crippen molar-refractivity contribution in [2.45, 2.75) is 12.8 Å². The molecule has 0 unspecified atom stereocenters. The number of nitrogens with one attached hydrogen (secondary N) is 1. The van der Waals surface area contributed by atoms with E-state index in [1.54, 1.807) is 4.90 Å². The number of para-hydroxylation sites is 1. The van der Waals surface area contributed by atoms with E-state index in [4.69, 9.17) is 5.11 Å². The number of carbonyl (C=O) groups is 2. The number of aromatic amines is 1. The van der Waals surface area contributed by atoms with Crippen molar-refractivity contribution in [2.75, 3.05) is 13.1 Å². The Morgan fingerprint density at radius 2 is 1.90 bits per heavy atom. The number of amides is 1. The molecule has 1 aromatic heterocycles. The van der Waals surface area contributed by atoms with E-state index in [1.165, 1.54) is 0 Å². The maximum absolute atomic E-state index is 12.4. The number of rotatable bonds is 2. The number of fused-ring (bicyclic) bond motifs is 1. The molecule has 1 aromatic carbocycles. The van der Waals surface area contributed by atoms with E-state index >= 15 is 0 Å². The highest BCUT2D eigenvalue weighted by molar-refractivity contribution is 5.98. The zero-order valence-electron chi connectivity index (χ0n) is 11.0. The lowest BCUT2D eigenvalue weighted by atomic mass is 9.97. The molecule has 2 heterocycles. The van der Waals surface area contributed by atoms with E-state index < -0.39 is 5.97 Å². The van der Waals surface area contributed by atoms with Gasteiger partial charge in [-0.25, -0.2) is 0 Å². The number of benzene rings is 1. The van der Waals surface area contributed by atoms with E-state index in [0.29, 0.717) is 31.6 Å². The first-order valence-electron chi connectivity index (χ1n) is 6.75. The number of carbonyl (C=O) groups excluding carboxylic acids is 1. The van der Waals surface area contributed by atoms with Crippen molar-refractivity contribution in [1.29, 1.82) is 0 Å². The molecule has 5 heteroatoms. The highest BCUT2D eigenvalue weighted by atomic mass is 16.4.